The van der Waals surface area contributed by atoms with Crippen LogP contribution in [-0.2, 0) is 4.74 Å². The zero-order valence-corrected chi connectivity index (χ0v) is 12.5. The summed E-state index contributed by atoms with van der Waals surface area (Å²) in [6, 6.07) is 0. The predicted molar refractivity (Wildman–Crippen MR) is 63.2 cm³/mol. The van der Waals surface area contributed by atoms with Crippen molar-refractivity contribution < 1.29 is 4.74 Å². The summed E-state index contributed by atoms with van der Waals surface area (Å²) >= 11 is -1.62. The first-order chi connectivity index (χ1) is 6.58. The maximum atomic E-state index is 5.28. The molecule has 1 heterocycles. The standard InChI is InChI=1S/C8H12NO.3CH3.Sn/c1-2-3-4-9-5-7-10-8-6-9;;;;/h1,4-8H2;3*1H3;. The normalized spacial score (nSPS) is 18.8. The topological polar surface area (TPSA) is 12.5 Å². The van der Waals surface area contributed by atoms with Crippen LogP contribution in [-0.4, -0.2) is 56.1 Å². The Morgan fingerprint density at radius 1 is 1.14 bits per heavy atom. The molecule has 0 atom stereocenters. The Labute approximate surface area is 91.9 Å². The summed E-state index contributed by atoms with van der Waals surface area (Å²) in [5.41, 5.74) is 0. The van der Waals surface area contributed by atoms with Crippen LogP contribution in [0.1, 0.15) is 0 Å². The molecule has 0 N–H and O–H groups in total. The summed E-state index contributed by atoms with van der Waals surface area (Å²) in [6.07, 6.45) is 0. The van der Waals surface area contributed by atoms with Crippen LogP contribution in [0.5, 0.6) is 0 Å². The SMILES string of the molecule is [CH3][Sn]([CH3])([CH3])[CH2]C#CCN1CCOCC1. The maximum absolute atomic E-state index is 5.28. The second kappa shape index (κ2) is 5.99. The molecule has 3 heteroatoms. The molecule has 0 aromatic rings. The van der Waals surface area contributed by atoms with Gasteiger partial charge >= 0.3 is 92.0 Å². The molecule has 0 radical (unpaired) electrons. The molecule has 1 rings (SSSR count). The van der Waals surface area contributed by atoms with Crippen molar-refractivity contribution in [3.05, 3.63) is 0 Å². The van der Waals surface area contributed by atoms with Gasteiger partial charge in [0, 0.05) is 0 Å². The van der Waals surface area contributed by atoms with Crippen molar-refractivity contribution in [3.63, 3.8) is 0 Å². The van der Waals surface area contributed by atoms with Gasteiger partial charge in [0.25, 0.3) is 0 Å². The van der Waals surface area contributed by atoms with Crippen LogP contribution >= 0.6 is 0 Å². The molecule has 0 bridgehead atoms. The van der Waals surface area contributed by atoms with Crippen LogP contribution in [0.4, 0.5) is 0 Å². The number of hydrogen-bond donors (Lipinski definition) is 0. The predicted octanol–water partition coefficient (Wildman–Crippen LogP) is 1.66. The third-order valence-electron chi connectivity index (χ3n) is 2.15. The fourth-order valence-electron chi connectivity index (χ4n) is 1.25. The van der Waals surface area contributed by atoms with Crippen LogP contribution in [0.2, 0.25) is 19.3 Å². The van der Waals surface area contributed by atoms with Crippen LogP contribution in [0.15, 0.2) is 0 Å². The van der Waals surface area contributed by atoms with Crippen molar-refractivity contribution in [2.75, 3.05) is 32.8 Å². The Morgan fingerprint density at radius 2 is 1.79 bits per heavy atom. The monoisotopic (exact) mass is 303 g/mol. The Kier molecular flexibility index (Phi) is 5.29. The molecule has 14 heavy (non-hydrogen) atoms. The van der Waals surface area contributed by atoms with Crippen LogP contribution in [0, 0.1) is 11.8 Å². The Hall–Kier alpha value is 0.279. The van der Waals surface area contributed by atoms with Crippen molar-refractivity contribution in [1.82, 2.24) is 4.90 Å². The van der Waals surface area contributed by atoms with Crippen LogP contribution in [0.3, 0.4) is 0 Å². The number of hydrogen-bond acceptors (Lipinski definition) is 2. The van der Waals surface area contributed by atoms with Crippen molar-refractivity contribution >= 4 is 18.4 Å². The van der Waals surface area contributed by atoms with Gasteiger partial charge in [0.15, 0.2) is 0 Å². The summed E-state index contributed by atoms with van der Waals surface area (Å²) in [5.74, 6) is 6.62. The molecule has 0 unspecified atom stereocenters. The summed E-state index contributed by atoms with van der Waals surface area (Å²) in [4.78, 5) is 9.66. The van der Waals surface area contributed by atoms with E-state index in [1.54, 1.807) is 0 Å². The number of nitrogens with zero attached hydrogens (tertiary/aromatic N) is 1. The average Bonchev–Trinajstić information content (AvgIpc) is 2.13. The first-order valence-corrected chi connectivity index (χ1v) is 15.9. The van der Waals surface area contributed by atoms with Gasteiger partial charge in [-0.1, -0.05) is 0 Å². The minimum absolute atomic E-state index is 0.875. The summed E-state index contributed by atoms with van der Waals surface area (Å²) < 4.78 is 6.47. The first-order valence-electron chi connectivity index (χ1n) is 5.34. The number of rotatable bonds is 2. The molecule has 0 spiro atoms. The molecule has 0 aromatic carbocycles. The summed E-state index contributed by atoms with van der Waals surface area (Å²) in [7, 11) is 0. The van der Waals surface area contributed by atoms with Gasteiger partial charge in [0.2, 0.25) is 0 Å². The van der Waals surface area contributed by atoms with E-state index >= 15 is 0 Å². The van der Waals surface area contributed by atoms with E-state index in [0.29, 0.717) is 0 Å². The quantitative estimate of drug-likeness (QED) is 0.568. The van der Waals surface area contributed by atoms with Gasteiger partial charge in [-0.25, -0.2) is 0 Å². The second-order valence-electron chi connectivity index (χ2n) is 4.98. The Bertz CT molecular complexity index is 218. The molecule has 2 nitrogen and oxygen atoms in total. The molecular formula is C11H21NOSn. The van der Waals surface area contributed by atoms with Gasteiger partial charge in [-0.15, -0.1) is 0 Å². The fraction of sp³-hybridized carbons (Fsp3) is 0.818. The van der Waals surface area contributed by atoms with Gasteiger partial charge in [-0.05, 0) is 0 Å². The van der Waals surface area contributed by atoms with Gasteiger partial charge in [-0.2, -0.15) is 0 Å². The van der Waals surface area contributed by atoms with Gasteiger partial charge < -0.3 is 0 Å². The molecular weight excluding hydrogens is 281 g/mol. The fourth-order valence-corrected chi connectivity index (χ4v) is 3.13. The van der Waals surface area contributed by atoms with Crippen molar-refractivity contribution in [1.29, 1.82) is 0 Å². The second-order valence-corrected chi connectivity index (χ2v) is 20.6. The third-order valence-corrected chi connectivity index (χ3v) is 5.68. The summed E-state index contributed by atoms with van der Waals surface area (Å²) in [5, 5.41) is 0. The first kappa shape index (κ1) is 12.3. The minimum atomic E-state index is -1.62. The van der Waals surface area contributed by atoms with E-state index < -0.39 is 18.4 Å². The van der Waals surface area contributed by atoms with E-state index in [1.165, 1.54) is 4.44 Å². The third kappa shape index (κ3) is 5.89. The average molecular weight is 302 g/mol. The molecule has 1 aliphatic rings. The zero-order valence-electron chi connectivity index (χ0n) is 9.60. The van der Waals surface area contributed by atoms with Crippen LogP contribution < -0.4 is 0 Å². The molecule has 1 aliphatic heterocycles. The van der Waals surface area contributed by atoms with Crippen LogP contribution in [0.25, 0.3) is 0 Å². The van der Waals surface area contributed by atoms with Crippen molar-refractivity contribution in [2.45, 2.75) is 19.3 Å². The van der Waals surface area contributed by atoms with E-state index in [4.69, 9.17) is 4.74 Å². The van der Waals surface area contributed by atoms with E-state index in [1.807, 2.05) is 0 Å². The molecule has 0 amide bonds. The molecule has 1 saturated heterocycles. The molecule has 0 aromatic heterocycles. The Balaban J connectivity index is 2.18. The van der Waals surface area contributed by atoms with E-state index in [2.05, 4.69) is 31.6 Å². The van der Waals surface area contributed by atoms with E-state index in [9.17, 15) is 0 Å². The van der Waals surface area contributed by atoms with Crippen molar-refractivity contribution in [2.24, 2.45) is 0 Å². The molecule has 0 aliphatic carbocycles. The van der Waals surface area contributed by atoms with Gasteiger partial charge in [-0.3, -0.25) is 0 Å². The molecule has 1 fully saturated rings. The number of morpholine rings is 1. The zero-order chi connectivity index (χ0) is 10.4. The van der Waals surface area contributed by atoms with Crippen molar-refractivity contribution in [3.8, 4) is 11.8 Å². The van der Waals surface area contributed by atoms with E-state index in [0.717, 1.165) is 32.8 Å². The molecule has 0 saturated carbocycles. The molecule has 80 valence electrons. The van der Waals surface area contributed by atoms with Gasteiger partial charge in [0.05, 0.1) is 0 Å². The van der Waals surface area contributed by atoms with E-state index in [-0.39, 0.29) is 0 Å². The number of ether oxygens (including phenoxy) is 1. The summed E-state index contributed by atoms with van der Waals surface area (Å²) in [6.45, 7) is 4.78. The Morgan fingerprint density at radius 3 is 2.36 bits per heavy atom. The van der Waals surface area contributed by atoms with Gasteiger partial charge in [0.1, 0.15) is 0 Å².